The van der Waals surface area contributed by atoms with Crippen LogP contribution in [0.2, 0.25) is 0 Å². The molecule has 0 aliphatic carbocycles. The van der Waals surface area contributed by atoms with Crippen molar-refractivity contribution < 1.29 is 27.2 Å². The van der Waals surface area contributed by atoms with Gasteiger partial charge >= 0.3 is 6.03 Å². The summed E-state index contributed by atoms with van der Waals surface area (Å²) in [5.74, 6) is -2.15. The van der Waals surface area contributed by atoms with E-state index in [1.807, 2.05) is 4.72 Å². The lowest BCUT2D eigenvalue weighted by Crippen LogP contribution is -2.43. The molecule has 1 saturated heterocycles. The lowest BCUT2D eigenvalue weighted by atomic mass is 9.97. The molecule has 3 N–H and O–H groups in total. The first-order chi connectivity index (χ1) is 20.1. The van der Waals surface area contributed by atoms with Gasteiger partial charge in [0, 0.05) is 28.4 Å². The van der Waals surface area contributed by atoms with Gasteiger partial charge in [-0.15, -0.1) is 11.3 Å². The van der Waals surface area contributed by atoms with Crippen LogP contribution in [-0.2, 0) is 21.2 Å². The van der Waals surface area contributed by atoms with Crippen LogP contribution in [0.1, 0.15) is 46.5 Å². The van der Waals surface area contributed by atoms with Crippen LogP contribution < -0.4 is 20.3 Å². The number of fused-ring (bicyclic) bond motifs is 1. The zero-order valence-electron chi connectivity index (χ0n) is 23.1. The summed E-state index contributed by atoms with van der Waals surface area (Å²) >= 11 is 1.00. The van der Waals surface area contributed by atoms with Crippen LogP contribution >= 0.6 is 11.3 Å². The first kappa shape index (κ1) is 29.7. The summed E-state index contributed by atoms with van der Waals surface area (Å²) < 4.78 is 41.7. The molecule has 2 aromatic carbocycles. The van der Waals surface area contributed by atoms with E-state index < -0.39 is 33.7 Å². The second-order valence-electron chi connectivity index (χ2n) is 10.4. The summed E-state index contributed by atoms with van der Waals surface area (Å²) in [5, 5.41) is 5.63. The van der Waals surface area contributed by atoms with E-state index in [1.165, 1.54) is 37.5 Å². The summed E-state index contributed by atoms with van der Waals surface area (Å²) in [6.07, 6.45) is 4.71. The number of piperidine rings is 1. The summed E-state index contributed by atoms with van der Waals surface area (Å²) in [6, 6.07) is 10.5. The van der Waals surface area contributed by atoms with E-state index >= 15 is 4.39 Å². The van der Waals surface area contributed by atoms with Gasteiger partial charge in [0.15, 0.2) is 0 Å². The van der Waals surface area contributed by atoms with Gasteiger partial charge in [-0.05, 0) is 99.9 Å². The summed E-state index contributed by atoms with van der Waals surface area (Å²) in [6.45, 7) is 5.83. The number of carbonyl (C=O) groups excluding carboxylic acids is 3. The van der Waals surface area contributed by atoms with Crippen molar-refractivity contribution in [3.05, 3.63) is 70.4 Å². The average Bonchev–Trinajstić information content (AvgIpc) is 3.40. The number of anilines is 3. The van der Waals surface area contributed by atoms with Crippen LogP contribution in [-0.4, -0.2) is 57.3 Å². The topological polar surface area (TPSA) is 128 Å². The molecule has 5 rings (SSSR count). The molecular formula is C29H32FN5O5S2. The molecule has 2 aliphatic rings. The first-order valence-electron chi connectivity index (χ1n) is 13.8. The fourth-order valence-electron chi connectivity index (χ4n) is 5.15. The van der Waals surface area contributed by atoms with Crippen LogP contribution in [0.15, 0.2) is 52.7 Å². The smallest absolute Gasteiger partial charge is 0.333 e. The van der Waals surface area contributed by atoms with E-state index in [4.69, 9.17) is 0 Å². The van der Waals surface area contributed by atoms with E-state index in [1.54, 1.807) is 31.2 Å². The lowest BCUT2D eigenvalue weighted by Gasteiger charge is -2.28. The third-order valence-electron chi connectivity index (χ3n) is 7.21. The van der Waals surface area contributed by atoms with Crippen molar-refractivity contribution in [2.75, 3.05) is 41.7 Å². The number of hydrogen-bond acceptors (Lipinski definition) is 8. The Hall–Kier alpha value is -3.81. The number of halogens is 1. The number of nitrogens with one attached hydrogen (secondary N) is 3. The zero-order valence-corrected chi connectivity index (χ0v) is 24.7. The molecule has 3 heterocycles. The maximum atomic E-state index is 15.1. The maximum absolute atomic E-state index is 15.1. The SMILES string of the molecule is Cc1ccc(S(=O)(=O)NC(=O)Nc2ccc(N3C(=O)Cc4cc(NCCCN5CCCCC5)ccc4C3=O)c(F)c2)s1. The third-order valence-corrected chi connectivity index (χ3v) is 10.0. The fourth-order valence-corrected chi connectivity index (χ4v) is 7.34. The molecule has 4 amide bonds. The van der Waals surface area contributed by atoms with Gasteiger partial charge in [0.2, 0.25) is 5.91 Å². The number of nitrogens with zero attached hydrogens (tertiary/aromatic N) is 2. The number of thiophene rings is 1. The molecule has 10 nitrogen and oxygen atoms in total. The van der Waals surface area contributed by atoms with Gasteiger partial charge in [-0.25, -0.2) is 27.2 Å². The highest BCUT2D eigenvalue weighted by molar-refractivity contribution is 7.92. The van der Waals surface area contributed by atoms with Crippen molar-refractivity contribution >= 4 is 56.3 Å². The number of amides is 4. The molecule has 2 aliphatic heterocycles. The summed E-state index contributed by atoms with van der Waals surface area (Å²) in [7, 11) is -4.09. The van der Waals surface area contributed by atoms with Crippen molar-refractivity contribution in [2.24, 2.45) is 0 Å². The summed E-state index contributed by atoms with van der Waals surface area (Å²) in [5.41, 5.74) is 1.38. The minimum Gasteiger partial charge on any atom is -0.385 e. The van der Waals surface area contributed by atoms with E-state index in [9.17, 15) is 22.8 Å². The number of imide groups is 1. The van der Waals surface area contributed by atoms with Gasteiger partial charge in [-0.3, -0.25) is 9.59 Å². The number of carbonyl (C=O) groups is 3. The predicted molar refractivity (Wildman–Crippen MR) is 160 cm³/mol. The second-order valence-corrected chi connectivity index (χ2v) is 13.6. The monoisotopic (exact) mass is 613 g/mol. The van der Waals surface area contributed by atoms with Crippen molar-refractivity contribution in [2.45, 2.75) is 43.2 Å². The van der Waals surface area contributed by atoms with Gasteiger partial charge in [-0.1, -0.05) is 6.42 Å². The molecule has 3 aromatic rings. The molecule has 0 bridgehead atoms. The van der Waals surface area contributed by atoms with Crippen LogP contribution in [0.5, 0.6) is 0 Å². The molecule has 222 valence electrons. The number of urea groups is 1. The predicted octanol–water partition coefficient (Wildman–Crippen LogP) is 4.72. The molecule has 0 radical (unpaired) electrons. The number of rotatable bonds is 9. The van der Waals surface area contributed by atoms with Crippen LogP contribution in [0.4, 0.5) is 26.2 Å². The normalized spacial score (nSPS) is 15.8. The molecule has 0 spiro atoms. The highest BCUT2D eigenvalue weighted by Gasteiger charge is 2.34. The van der Waals surface area contributed by atoms with Crippen molar-refractivity contribution in [1.82, 2.24) is 9.62 Å². The molecule has 42 heavy (non-hydrogen) atoms. The van der Waals surface area contributed by atoms with Crippen LogP contribution in [0.3, 0.4) is 0 Å². The highest BCUT2D eigenvalue weighted by atomic mass is 32.2. The van der Waals surface area contributed by atoms with Crippen molar-refractivity contribution in [3.63, 3.8) is 0 Å². The van der Waals surface area contributed by atoms with Crippen LogP contribution in [0, 0.1) is 12.7 Å². The molecule has 0 saturated carbocycles. The molecule has 13 heteroatoms. The van der Waals surface area contributed by atoms with E-state index in [0.717, 1.165) is 65.5 Å². The molecule has 0 atom stereocenters. The zero-order chi connectivity index (χ0) is 29.9. The van der Waals surface area contributed by atoms with Gasteiger partial charge in [-0.2, -0.15) is 0 Å². The number of likely N-dealkylation sites (tertiary alicyclic amines) is 1. The summed E-state index contributed by atoms with van der Waals surface area (Å²) in [4.78, 5) is 42.5. The Morgan fingerprint density at radius 3 is 2.48 bits per heavy atom. The van der Waals surface area contributed by atoms with Gasteiger partial charge in [0.25, 0.3) is 15.9 Å². The first-order valence-corrected chi connectivity index (χ1v) is 16.1. The number of aryl methyl sites for hydroxylation is 1. The average molecular weight is 614 g/mol. The Labute approximate surface area is 247 Å². The maximum Gasteiger partial charge on any atom is 0.333 e. The van der Waals surface area contributed by atoms with Gasteiger partial charge in [0.1, 0.15) is 10.0 Å². The molecule has 1 aromatic heterocycles. The van der Waals surface area contributed by atoms with E-state index in [0.29, 0.717) is 11.1 Å². The Kier molecular flexibility index (Phi) is 8.90. The minimum absolute atomic E-state index is 0.0326. The third kappa shape index (κ3) is 6.80. The van der Waals surface area contributed by atoms with E-state index in [-0.39, 0.29) is 22.0 Å². The fraction of sp³-hybridized carbons (Fsp3) is 0.345. The van der Waals surface area contributed by atoms with Crippen molar-refractivity contribution in [1.29, 1.82) is 0 Å². The second kappa shape index (κ2) is 12.6. The number of sulfonamides is 1. The molecule has 1 fully saturated rings. The number of hydrogen-bond donors (Lipinski definition) is 3. The van der Waals surface area contributed by atoms with E-state index in [2.05, 4.69) is 15.5 Å². The minimum atomic E-state index is -4.09. The standard InChI is InChI=1S/C29H32FN5O5S2/c1-19-6-11-27(41-19)42(39,40)33-29(38)32-22-8-10-25(24(30)18-22)35-26(36)17-20-16-21(7-9-23(20)28(35)37)31-12-5-15-34-13-3-2-4-14-34/h6-11,16,18,31H,2-5,12-15,17H2,1H3,(H2,32,33,38). The molecule has 0 unspecified atom stereocenters. The highest BCUT2D eigenvalue weighted by Crippen LogP contribution is 2.30. The van der Waals surface area contributed by atoms with Gasteiger partial charge in [0.05, 0.1) is 12.1 Å². The van der Waals surface area contributed by atoms with Gasteiger partial charge < -0.3 is 15.5 Å². The Morgan fingerprint density at radius 2 is 1.76 bits per heavy atom. The number of benzene rings is 2. The van der Waals surface area contributed by atoms with Crippen LogP contribution in [0.25, 0.3) is 0 Å². The quantitative estimate of drug-likeness (QED) is 0.235. The largest absolute Gasteiger partial charge is 0.385 e. The van der Waals surface area contributed by atoms with Crippen molar-refractivity contribution in [3.8, 4) is 0 Å². The Morgan fingerprint density at radius 1 is 1.00 bits per heavy atom. The Balaban J connectivity index is 1.21. The Bertz CT molecular complexity index is 1620. The lowest BCUT2D eigenvalue weighted by molar-refractivity contribution is -0.117. The molecular weight excluding hydrogens is 581 g/mol.